The number of fused-ring (bicyclic) bond motifs is 1. The molecule has 3 rings (SSSR count). The van der Waals surface area contributed by atoms with Gasteiger partial charge in [0, 0.05) is 24.0 Å². The molecule has 2 heterocycles. The predicted molar refractivity (Wildman–Crippen MR) is 79.5 cm³/mol. The zero-order chi connectivity index (χ0) is 15.9. The fourth-order valence-electron chi connectivity index (χ4n) is 2.77. The number of carboxylic acid groups (broad SMARTS) is 1. The number of aromatic nitrogens is 1. The van der Waals surface area contributed by atoms with Gasteiger partial charge in [0.15, 0.2) is 0 Å². The third kappa shape index (κ3) is 2.54. The summed E-state index contributed by atoms with van der Waals surface area (Å²) in [4.78, 5) is 28.0. The van der Waals surface area contributed by atoms with Crippen LogP contribution in [-0.2, 0) is 4.79 Å². The van der Waals surface area contributed by atoms with E-state index in [2.05, 4.69) is 4.98 Å². The van der Waals surface area contributed by atoms with E-state index in [1.165, 1.54) is 18.2 Å². The number of carbonyl (C=O) groups is 2. The maximum Gasteiger partial charge on any atom is 0.306 e. The quantitative estimate of drug-likeness (QED) is 0.892. The molecular weight excluding hydrogens is 311 g/mol. The molecule has 116 valence electrons. The number of amides is 1. The maximum absolute atomic E-state index is 13.3. The van der Waals surface area contributed by atoms with Gasteiger partial charge in [-0.3, -0.25) is 9.59 Å². The van der Waals surface area contributed by atoms with Gasteiger partial charge in [0.1, 0.15) is 11.5 Å². The number of hydrogen-bond acceptors (Lipinski definition) is 2. The SMILES string of the molecule is O=C(O)C1CCN(C(=O)c2[nH]c3ccc(F)cc3c2Cl)CC1. The number of benzene rings is 1. The van der Waals surface area contributed by atoms with E-state index in [1.54, 1.807) is 4.90 Å². The van der Waals surface area contributed by atoms with Crippen LogP contribution in [0.1, 0.15) is 23.3 Å². The van der Waals surface area contributed by atoms with Crippen LogP contribution in [0.2, 0.25) is 5.02 Å². The van der Waals surface area contributed by atoms with Crippen LogP contribution in [0.15, 0.2) is 18.2 Å². The van der Waals surface area contributed by atoms with Gasteiger partial charge in [-0.15, -0.1) is 0 Å². The zero-order valence-electron chi connectivity index (χ0n) is 11.6. The Morgan fingerprint density at radius 1 is 1.32 bits per heavy atom. The summed E-state index contributed by atoms with van der Waals surface area (Å²) in [6, 6.07) is 4.10. The van der Waals surface area contributed by atoms with Crippen LogP contribution in [-0.4, -0.2) is 40.0 Å². The molecule has 1 aromatic carbocycles. The van der Waals surface area contributed by atoms with Crippen molar-refractivity contribution in [2.45, 2.75) is 12.8 Å². The summed E-state index contributed by atoms with van der Waals surface area (Å²) >= 11 is 6.18. The topological polar surface area (TPSA) is 73.4 Å². The van der Waals surface area contributed by atoms with Crippen molar-refractivity contribution in [3.8, 4) is 0 Å². The van der Waals surface area contributed by atoms with Gasteiger partial charge in [-0.05, 0) is 31.0 Å². The third-order valence-electron chi connectivity index (χ3n) is 4.04. The highest BCUT2D eigenvalue weighted by Crippen LogP contribution is 2.30. The van der Waals surface area contributed by atoms with Gasteiger partial charge in [-0.2, -0.15) is 0 Å². The van der Waals surface area contributed by atoms with Crippen LogP contribution in [0.5, 0.6) is 0 Å². The third-order valence-corrected chi connectivity index (χ3v) is 4.44. The van der Waals surface area contributed by atoms with Gasteiger partial charge in [0.2, 0.25) is 0 Å². The summed E-state index contributed by atoms with van der Waals surface area (Å²) in [6.07, 6.45) is 0.848. The molecule has 0 saturated carbocycles. The Hall–Kier alpha value is -2.08. The van der Waals surface area contributed by atoms with Crippen molar-refractivity contribution in [2.75, 3.05) is 13.1 Å². The molecule has 0 radical (unpaired) electrons. The van der Waals surface area contributed by atoms with Crippen LogP contribution in [0, 0.1) is 11.7 Å². The molecular formula is C15H14ClFN2O3. The minimum absolute atomic E-state index is 0.194. The number of piperidine rings is 1. The number of carbonyl (C=O) groups excluding carboxylic acids is 1. The lowest BCUT2D eigenvalue weighted by atomic mass is 9.97. The molecule has 2 aromatic rings. The standard InChI is InChI=1S/C15H14ClFN2O3/c16-12-10-7-9(17)1-2-11(10)18-13(12)14(20)19-5-3-8(4-6-19)15(21)22/h1-2,7-8,18H,3-6H2,(H,21,22). The Bertz CT molecular complexity index is 751. The Balaban J connectivity index is 1.84. The van der Waals surface area contributed by atoms with Crippen molar-refractivity contribution in [1.29, 1.82) is 0 Å². The molecule has 0 spiro atoms. The average Bonchev–Trinajstić information content (AvgIpc) is 2.83. The first-order chi connectivity index (χ1) is 10.5. The van der Waals surface area contributed by atoms with Crippen molar-refractivity contribution in [3.05, 3.63) is 34.7 Å². The van der Waals surface area contributed by atoms with Crippen LogP contribution in [0.25, 0.3) is 10.9 Å². The van der Waals surface area contributed by atoms with Crippen LogP contribution in [0.3, 0.4) is 0 Å². The number of aliphatic carboxylic acids is 1. The number of hydrogen-bond donors (Lipinski definition) is 2. The van der Waals surface area contributed by atoms with Gasteiger partial charge in [0.25, 0.3) is 5.91 Å². The monoisotopic (exact) mass is 324 g/mol. The fourth-order valence-corrected chi connectivity index (χ4v) is 3.05. The maximum atomic E-state index is 13.3. The molecule has 22 heavy (non-hydrogen) atoms. The molecule has 1 aromatic heterocycles. The lowest BCUT2D eigenvalue weighted by Gasteiger charge is -2.29. The molecule has 0 atom stereocenters. The normalized spacial score (nSPS) is 16.2. The number of nitrogens with one attached hydrogen (secondary N) is 1. The van der Waals surface area contributed by atoms with Crippen molar-refractivity contribution < 1.29 is 19.1 Å². The van der Waals surface area contributed by atoms with Crippen LogP contribution < -0.4 is 0 Å². The van der Waals surface area contributed by atoms with Crippen molar-refractivity contribution in [2.24, 2.45) is 5.92 Å². The Labute approximate surface area is 130 Å². The second-order valence-electron chi connectivity index (χ2n) is 5.41. The Morgan fingerprint density at radius 3 is 2.64 bits per heavy atom. The molecule has 1 aliphatic rings. The van der Waals surface area contributed by atoms with Crippen molar-refractivity contribution in [3.63, 3.8) is 0 Å². The van der Waals surface area contributed by atoms with E-state index in [1.807, 2.05) is 0 Å². The lowest BCUT2D eigenvalue weighted by Crippen LogP contribution is -2.40. The van der Waals surface area contributed by atoms with E-state index in [0.717, 1.165) is 0 Å². The fraction of sp³-hybridized carbons (Fsp3) is 0.333. The number of rotatable bonds is 2. The van der Waals surface area contributed by atoms with Crippen LogP contribution in [0.4, 0.5) is 4.39 Å². The number of likely N-dealkylation sites (tertiary alicyclic amines) is 1. The van der Waals surface area contributed by atoms with E-state index >= 15 is 0 Å². The van der Waals surface area contributed by atoms with Gasteiger partial charge in [-0.25, -0.2) is 4.39 Å². The summed E-state index contributed by atoms with van der Waals surface area (Å²) in [5.74, 6) is -1.94. The first-order valence-electron chi connectivity index (χ1n) is 6.96. The summed E-state index contributed by atoms with van der Waals surface area (Å²) < 4.78 is 13.3. The van der Waals surface area contributed by atoms with Gasteiger partial charge in [-0.1, -0.05) is 11.6 Å². The largest absolute Gasteiger partial charge is 0.481 e. The highest BCUT2D eigenvalue weighted by molar-refractivity contribution is 6.38. The summed E-state index contributed by atoms with van der Waals surface area (Å²) in [7, 11) is 0. The van der Waals surface area contributed by atoms with Crippen molar-refractivity contribution >= 4 is 34.4 Å². The second-order valence-corrected chi connectivity index (χ2v) is 5.79. The number of carboxylic acids is 1. The molecule has 1 saturated heterocycles. The van der Waals surface area contributed by atoms with Gasteiger partial charge in [0.05, 0.1) is 10.9 Å². The molecule has 0 bridgehead atoms. The smallest absolute Gasteiger partial charge is 0.306 e. The summed E-state index contributed by atoms with van der Waals surface area (Å²) in [5.41, 5.74) is 0.811. The average molecular weight is 325 g/mol. The highest BCUT2D eigenvalue weighted by atomic mass is 35.5. The van der Waals surface area contributed by atoms with E-state index in [0.29, 0.717) is 36.8 Å². The minimum atomic E-state index is -0.828. The zero-order valence-corrected chi connectivity index (χ0v) is 12.4. The predicted octanol–water partition coefficient (Wildman–Crippen LogP) is 2.90. The Kier molecular flexibility index (Phi) is 3.78. The molecule has 7 heteroatoms. The minimum Gasteiger partial charge on any atom is -0.481 e. The van der Waals surface area contributed by atoms with Gasteiger partial charge < -0.3 is 15.0 Å². The molecule has 0 aliphatic carbocycles. The van der Waals surface area contributed by atoms with E-state index in [9.17, 15) is 14.0 Å². The first-order valence-corrected chi connectivity index (χ1v) is 7.34. The molecule has 1 amide bonds. The number of nitrogens with zero attached hydrogens (tertiary/aromatic N) is 1. The highest BCUT2D eigenvalue weighted by Gasteiger charge is 2.29. The summed E-state index contributed by atoms with van der Waals surface area (Å²) in [5, 5.41) is 9.64. The first kappa shape index (κ1) is 14.8. The van der Waals surface area contributed by atoms with Crippen molar-refractivity contribution in [1.82, 2.24) is 9.88 Å². The van der Waals surface area contributed by atoms with E-state index in [4.69, 9.17) is 16.7 Å². The molecule has 1 aliphatic heterocycles. The molecule has 2 N–H and O–H groups in total. The molecule has 1 fully saturated rings. The number of aromatic amines is 1. The Morgan fingerprint density at radius 2 is 2.00 bits per heavy atom. The van der Waals surface area contributed by atoms with E-state index in [-0.39, 0.29) is 16.6 Å². The molecule has 0 unspecified atom stereocenters. The second kappa shape index (κ2) is 5.61. The number of halogens is 2. The number of H-pyrrole nitrogens is 1. The summed E-state index contributed by atoms with van der Waals surface area (Å²) in [6.45, 7) is 0.742. The molecule has 5 nitrogen and oxygen atoms in total. The van der Waals surface area contributed by atoms with Gasteiger partial charge >= 0.3 is 5.97 Å². The van der Waals surface area contributed by atoms with E-state index < -0.39 is 17.7 Å². The van der Waals surface area contributed by atoms with Crippen LogP contribution >= 0.6 is 11.6 Å². The lowest BCUT2D eigenvalue weighted by molar-refractivity contribution is -0.143.